The number of rotatable bonds is 6. The van der Waals surface area contributed by atoms with Crippen LogP contribution in [0.3, 0.4) is 0 Å². The fraction of sp³-hybridized carbons (Fsp3) is 0.833. The highest BCUT2D eigenvalue weighted by Crippen LogP contribution is 2.12. The number of hydrogen-bond donors (Lipinski definition) is 2. The predicted molar refractivity (Wildman–Crippen MR) is 72.4 cm³/mol. The van der Waals surface area contributed by atoms with E-state index in [2.05, 4.69) is 5.32 Å². The first-order chi connectivity index (χ1) is 10.3. The Morgan fingerprint density at radius 3 is 2.32 bits per heavy atom. The van der Waals surface area contributed by atoms with E-state index in [1.807, 2.05) is 10.2 Å². The van der Waals surface area contributed by atoms with Crippen molar-refractivity contribution in [1.82, 2.24) is 20.4 Å². The van der Waals surface area contributed by atoms with Crippen molar-refractivity contribution in [2.45, 2.75) is 6.18 Å². The van der Waals surface area contributed by atoms with Gasteiger partial charge in [0, 0.05) is 39.8 Å². The summed E-state index contributed by atoms with van der Waals surface area (Å²) >= 11 is 0. The second kappa shape index (κ2) is 8.79. The van der Waals surface area contributed by atoms with E-state index >= 15 is 0 Å². The van der Waals surface area contributed by atoms with Crippen molar-refractivity contribution in [1.29, 1.82) is 0 Å². The molecule has 1 aliphatic rings. The third-order valence-electron chi connectivity index (χ3n) is 3.10. The number of alkyl halides is 3. The lowest BCUT2D eigenvalue weighted by atomic mass is 10.3. The first-order valence-corrected chi connectivity index (χ1v) is 6.89. The van der Waals surface area contributed by atoms with Crippen molar-refractivity contribution in [2.24, 2.45) is 0 Å². The molecule has 1 rings (SSSR count). The zero-order chi connectivity index (χ0) is 16.6. The molecule has 1 saturated heterocycles. The number of methoxy groups -OCH3 is 1. The highest BCUT2D eigenvalue weighted by molar-refractivity contribution is 5.78. The summed E-state index contributed by atoms with van der Waals surface area (Å²) in [6, 6.07) is -0.735. The Morgan fingerprint density at radius 1 is 1.14 bits per heavy atom. The Morgan fingerprint density at radius 2 is 1.77 bits per heavy atom. The molecule has 1 aliphatic heterocycles. The molecule has 0 aliphatic carbocycles. The molecule has 2 N–H and O–H groups in total. The zero-order valence-electron chi connectivity index (χ0n) is 12.4. The summed E-state index contributed by atoms with van der Waals surface area (Å²) in [5.41, 5.74) is 0. The Labute approximate surface area is 126 Å². The summed E-state index contributed by atoms with van der Waals surface area (Å²) < 4.78 is 40.9. The molecular formula is C12H21F3N4O3. The number of nitrogens with one attached hydrogen (secondary N) is 2. The standard InChI is InChI=1S/C12H21F3N4O3/c1-22-7-2-16-10(20)8-18-3-5-19(6-4-18)11(21)17-9-12(13,14)15/h2-9H2,1H3,(H,16,20)(H,17,21). The minimum absolute atomic E-state index is 0.146. The second-order valence-electron chi connectivity index (χ2n) is 4.88. The minimum atomic E-state index is -4.42. The zero-order valence-corrected chi connectivity index (χ0v) is 12.4. The molecule has 22 heavy (non-hydrogen) atoms. The van der Waals surface area contributed by atoms with Crippen LogP contribution < -0.4 is 10.6 Å². The number of urea groups is 1. The van der Waals surface area contributed by atoms with E-state index in [1.54, 1.807) is 0 Å². The van der Waals surface area contributed by atoms with Gasteiger partial charge in [0.2, 0.25) is 5.91 Å². The third-order valence-corrected chi connectivity index (χ3v) is 3.10. The summed E-state index contributed by atoms with van der Waals surface area (Å²) in [4.78, 5) is 26.3. The lowest BCUT2D eigenvalue weighted by Crippen LogP contribution is -2.54. The Balaban J connectivity index is 2.22. The van der Waals surface area contributed by atoms with E-state index in [0.29, 0.717) is 26.2 Å². The smallest absolute Gasteiger partial charge is 0.383 e. The quantitative estimate of drug-likeness (QED) is 0.654. The van der Waals surface area contributed by atoms with E-state index < -0.39 is 18.8 Å². The van der Waals surface area contributed by atoms with Crippen molar-refractivity contribution < 1.29 is 27.5 Å². The molecule has 0 aromatic carbocycles. The van der Waals surface area contributed by atoms with Crippen molar-refractivity contribution >= 4 is 11.9 Å². The molecule has 3 amide bonds. The van der Waals surface area contributed by atoms with Crippen LogP contribution in [0.1, 0.15) is 0 Å². The number of carbonyl (C=O) groups is 2. The maximum Gasteiger partial charge on any atom is 0.405 e. The normalized spacial score (nSPS) is 16.5. The van der Waals surface area contributed by atoms with Gasteiger partial charge in [-0.15, -0.1) is 0 Å². The van der Waals surface area contributed by atoms with Crippen LogP contribution in [0.15, 0.2) is 0 Å². The molecule has 0 saturated carbocycles. The number of nitrogens with zero attached hydrogens (tertiary/aromatic N) is 2. The molecule has 10 heteroatoms. The monoisotopic (exact) mass is 326 g/mol. The summed E-state index contributed by atoms with van der Waals surface area (Å²) in [5.74, 6) is -0.146. The average molecular weight is 326 g/mol. The van der Waals surface area contributed by atoms with Crippen LogP contribution in [0.2, 0.25) is 0 Å². The van der Waals surface area contributed by atoms with Gasteiger partial charge in [-0.2, -0.15) is 13.2 Å². The van der Waals surface area contributed by atoms with E-state index in [4.69, 9.17) is 4.74 Å². The van der Waals surface area contributed by atoms with Gasteiger partial charge in [-0.1, -0.05) is 0 Å². The van der Waals surface area contributed by atoms with Crippen molar-refractivity contribution in [3.8, 4) is 0 Å². The third kappa shape index (κ3) is 7.46. The summed E-state index contributed by atoms with van der Waals surface area (Å²) in [7, 11) is 1.54. The van der Waals surface area contributed by atoms with E-state index in [-0.39, 0.29) is 25.5 Å². The van der Waals surface area contributed by atoms with Crippen LogP contribution in [0.5, 0.6) is 0 Å². The number of hydrogen-bond acceptors (Lipinski definition) is 4. The van der Waals surface area contributed by atoms with Gasteiger partial charge in [-0.05, 0) is 0 Å². The number of halogens is 3. The number of amides is 3. The van der Waals surface area contributed by atoms with Crippen molar-refractivity contribution in [3.63, 3.8) is 0 Å². The van der Waals surface area contributed by atoms with E-state index in [1.165, 1.54) is 12.0 Å². The number of piperazine rings is 1. The van der Waals surface area contributed by atoms with Gasteiger partial charge < -0.3 is 20.3 Å². The number of carbonyl (C=O) groups excluding carboxylic acids is 2. The molecule has 0 bridgehead atoms. The first-order valence-electron chi connectivity index (χ1n) is 6.89. The lowest BCUT2D eigenvalue weighted by Gasteiger charge is -2.34. The molecule has 7 nitrogen and oxygen atoms in total. The van der Waals surface area contributed by atoms with Gasteiger partial charge in [-0.25, -0.2) is 4.79 Å². The van der Waals surface area contributed by atoms with E-state index in [9.17, 15) is 22.8 Å². The molecule has 0 aromatic rings. The SMILES string of the molecule is COCCNC(=O)CN1CCN(C(=O)NCC(F)(F)F)CC1. The van der Waals surface area contributed by atoms with Gasteiger partial charge in [0.15, 0.2) is 0 Å². The van der Waals surface area contributed by atoms with Crippen LogP contribution in [0.25, 0.3) is 0 Å². The fourth-order valence-electron chi connectivity index (χ4n) is 1.95. The molecule has 0 unspecified atom stereocenters. The summed E-state index contributed by atoms with van der Waals surface area (Å²) in [6.45, 7) is 1.17. The Hall–Kier alpha value is -1.55. The van der Waals surface area contributed by atoms with E-state index in [0.717, 1.165) is 0 Å². The highest BCUT2D eigenvalue weighted by Gasteiger charge is 2.29. The summed E-state index contributed by atoms with van der Waals surface area (Å²) in [6.07, 6.45) is -4.42. The fourth-order valence-corrected chi connectivity index (χ4v) is 1.95. The van der Waals surface area contributed by atoms with Gasteiger partial charge in [0.05, 0.1) is 13.2 Å². The molecule has 0 radical (unpaired) electrons. The van der Waals surface area contributed by atoms with Crippen LogP contribution in [0.4, 0.5) is 18.0 Å². The van der Waals surface area contributed by atoms with Crippen molar-refractivity contribution in [3.05, 3.63) is 0 Å². The molecule has 1 heterocycles. The molecule has 0 atom stereocenters. The highest BCUT2D eigenvalue weighted by atomic mass is 19.4. The Bertz CT molecular complexity index is 371. The van der Waals surface area contributed by atoms with Crippen LogP contribution in [-0.2, 0) is 9.53 Å². The second-order valence-corrected chi connectivity index (χ2v) is 4.88. The Kier molecular flexibility index (Phi) is 7.39. The number of ether oxygens (including phenoxy) is 1. The maximum atomic E-state index is 12.0. The maximum absolute atomic E-state index is 12.0. The molecule has 128 valence electrons. The molecule has 1 fully saturated rings. The van der Waals surface area contributed by atoms with Gasteiger partial charge in [0.25, 0.3) is 0 Å². The van der Waals surface area contributed by atoms with Gasteiger partial charge >= 0.3 is 12.2 Å². The largest absolute Gasteiger partial charge is 0.405 e. The minimum Gasteiger partial charge on any atom is -0.383 e. The van der Waals surface area contributed by atoms with Crippen LogP contribution in [-0.4, -0.2) is 87.4 Å². The van der Waals surface area contributed by atoms with Crippen molar-refractivity contribution in [2.75, 3.05) is 59.5 Å². The van der Waals surface area contributed by atoms with Crippen LogP contribution >= 0.6 is 0 Å². The molecule has 0 aromatic heterocycles. The first kappa shape index (κ1) is 18.5. The average Bonchev–Trinajstić information content (AvgIpc) is 2.45. The van der Waals surface area contributed by atoms with Gasteiger partial charge in [-0.3, -0.25) is 9.69 Å². The lowest BCUT2D eigenvalue weighted by molar-refractivity contribution is -0.124. The molecule has 0 spiro atoms. The molecular weight excluding hydrogens is 305 g/mol. The topological polar surface area (TPSA) is 73.9 Å². The van der Waals surface area contributed by atoms with Gasteiger partial charge in [0.1, 0.15) is 6.54 Å². The van der Waals surface area contributed by atoms with Crippen LogP contribution in [0, 0.1) is 0 Å². The summed E-state index contributed by atoms with van der Waals surface area (Å²) in [5, 5.41) is 4.51. The predicted octanol–water partition coefficient (Wildman–Crippen LogP) is -0.361.